The molecule has 39 heavy (non-hydrogen) atoms. The summed E-state index contributed by atoms with van der Waals surface area (Å²) in [5.74, 6) is 6.04. The van der Waals surface area contributed by atoms with Crippen molar-refractivity contribution in [2.45, 2.75) is 174 Å². The number of Topliss-reactive ketones (excluding diaryl/α,β-unsaturated/α-hetero) is 2. The maximum atomic E-state index is 13.8. The van der Waals surface area contributed by atoms with E-state index in [1.54, 1.807) is 0 Å². The summed E-state index contributed by atoms with van der Waals surface area (Å²) >= 11 is 0. The van der Waals surface area contributed by atoms with Crippen molar-refractivity contribution in [1.29, 1.82) is 0 Å². The van der Waals surface area contributed by atoms with Gasteiger partial charge in [-0.1, -0.05) is 97.3 Å². The Kier molecular flexibility index (Phi) is 10.4. The van der Waals surface area contributed by atoms with Crippen LogP contribution in [0.2, 0.25) is 0 Å². The van der Waals surface area contributed by atoms with E-state index in [1.165, 1.54) is 109 Å². The van der Waals surface area contributed by atoms with Crippen LogP contribution in [-0.4, -0.2) is 11.6 Å². The minimum Gasteiger partial charge on any atom is -0.297 e. The number of hydrogen-bond donors (Lipinski definition) is 0. The number of carbonyl (C=O) groups is 2. The van der Waals surface area contributed by atoms with Crippen molar-refractivity contribution in [2.75, 3.05) is 0 Å². The van der Waals surface area contributed by atoms with Crippen LogP contribution in [0.3, 0.4) is 0 Å². The lowest BCUT2D eigenvalue weighted by Crippen LogP contribution is -2.68. The highest BCUT2D eigenvalue weighted by atomic mass is 16.2. The minimum absolute atomic E-state index is 0.409. The first kappa shape index (κ1) is 29.8. The van der Waals surface area contributed by atoms with E-state index in [4.69, 9.17) is 0 Å². The van der Waals surface area contributed by atoms with Crippen LogP contribution in [0.5, 0.6) is 0 Å². The van der Waals surface area contributed by atoms with E-state index in [-0.39, 0.29) is 0 Å². The molecule has 0 radical (unpaired) electrons. The highest BCUT2D eigenvalue weighted by molar-refractivity contribution is 6.30. The molecule has 5 saturated carbocycles. The van der Waals surface area contributed by atoms with Gasteiger partial charge in [-0.05, 0) is 113 Å². The molecule has 0 heterocycles. The van der Waals surface area contributed by atoms with Gasteiger partial charge in [0.1, 0.15) is 0 Å². The summed E-state index contributed by atoms with van der Waals surface area (Å²) in [4.78, 5) is 27.6. The number of hydrogen-bond acceptors (Lipinski definition) is 2. The van der Waals surface area contributed by atoms with Crippen molar-refractivity contribution in [3.63, 3.8) is 0 Å². The van der Waals surface area contributed by atoms with Crippen molar-refractivity contribution in [3.8, 4) is 0 Å². The van der Waals surface area contributed by atoms with E-state index in [0.29, 0.717) is 11.6 Å². The van der Waals surface area contributed by atoms with Crippen LogP contribution in [0.15, 0.2) is 0 Å². The highest BCUT2D eigenvalue weighted by Gasteiger charge is 2.71. The number of unbranched alkanes of at least 4 members (excludes halogenated alkanes) is 5. The second-order valence-electron chi connectivity index (χ2n) is 15.4. The Balaban J connectivity index is 1.02. The molecule has 0 unspecified atom stereocenters. The molecule has 5 rings (SSSR count). The summed E-state index contributed by atoms with van der Waals surface area (Å²) in [6.07, 6.45) is 32.1. The normalized spacial score (nSPS) is 41.2. The molecule has 2 spiro atoms. The zero-order chi connectivity index (χ0) is 27.3. The molecule has 222 valence electrons. The molecular weight excluding hydrogens is 476 g/mol. The van der Waals surface area contributed by atoms with Gasteiger partial charge in [0.05, 0.1) is 10.8 Å². The molecule has 5 fully saturated rings. The zero-order valence-corrected chi connectivity index (χ0v) is 26.0. The Morgan fingerprint density at radius 3 is 1.28 bits per heavy atom. The molecular formula is C37H62O2. The Bertz CT molecular complexity index is 760. The monoisotopic (exact) mass is 538 g/mol. The number of rotatable bonds is 11. The molecule has 0 N–H and O–H groups in total. The van der Waals surface area contributed by atoms with Crippen LogP contribution in [0.1, 0.15) is 174 Å². The van der Waals surface area contributed by atoms with Crippen molar-refractivity contribution in [2.24, 2.45) is 46.3 Å². The first-order valence-electron chi connectivity index (χ1n) is 18.1. The lowest BCUT2D eigenvalue weighted by Gasteiger charge is -2.58. The van der Waals surface area contributed by atoms with E-state index in [1.807, 2.05) is 0 Å². The Labute approximate surface area is 241 Å². The van der Waals surface area contributed by atoms with Crippen LogP contribution in [0.25, 0.3) is 0 Å². The van der Waals surface area contributed by atoms with Crippen molar-refractivity contribution < 1.29 is 9.59 Å². The first-order valence-corrected chi connectivity index (χ1v) is 18.1. The predicted molar refractivity (Wildman–Crippen MR) is 163 cm³/mol. The number of ketones is 2. The van der Waals surface area contributed by atoms with Crippen molar-refractivity contribution in [1.82, 2.24) is 0 Å². The molecule has 0 saturated heterocycles. The molecule has 0 bridgehead atoms. The highest BCUT2D eigenvalue weighted by Crippen LogP contribution is 2.63. The van der Waals surface area contributed by atoms with Gasteiger partial charge >= 0.3 is 0 Å². The van der Waals surface area contributed by atoms with Gasteiger partial charge in [-0.3, -0.25) is 9.59 Å². The van der Waals surface area contributed by atoms with Gasteiger partial charge in [0.25, 0.3) is 0 Å². The minimum atomic E-state index is -0.545. The largest absolute Gasteiger partial charge is 0.297 e. The third-order valence-electron chi connectivity index (χ3n) is 13.3. The van der Waals surface area contributed by atoms with E-state index in [0.717, 1.165) is 86.9 Å². The van der Waals surface area contributed by atoms with Gasteiger partial charge in [-0.2, -0.15) is 0 Å². The van der Waals surface area contributed by atoms with E-state index >= 15 is 0 Å². The predicted octanol–water partition coefficient (Wildman–Crippen LogP) is 10.7. The lowest BCUT2D eigenvalue weighted by atomic mass is 9.41. The summed E-state index contributed by atoms with van der Waals surface area (Å²) in [6, 6.07) is 0. The molecule has 0 aromatic carbocycles. The smallest absolute Gasteiger partial charge is 0.159 e. The number of carbonyl (C=O) groups excluding carboxylic acids is 2. The van der Waals surface area contributed by atoms with Crippen LogP contribution in [0.4, 0.5) is 0 Å². The van der Waals surface area contributed by atoms with Crippen LogP contribution >= 0.6 is 0 Å². The molecule has 0 aromatic heterocycles. The molecule has 5 aliphatic rings. The quantitative estimate of drug-likeness (QED) is 0.194. The SMILES string of the molecule is CCCCCCCCC1CCC(C2CCC3(CC2)C(=O)C2(CCC(C4CCC(CCC)CC4)CC2)C3=O)CC1. The zero-order valence-electron chi connectivity index (χ0n) is 26.0. The lowest BCUT2D eigenvalue weighted by molar-refractivity contribution is -0.179. The van der Waals surface area contributed by atoms with E-state index in [2.05, 4.69) is 13.8 Å². The standard InChI is InChI=1S/C37H62O2/c1-3-5-6-7-8-9-11-29-14-18-31(19-15-29)33-22-26-37(27-23-33)34(38)36(35(37)39)24-20-32(21-25-36)30-16-12-28(10-4-2)13-17-30/h28-33H,3-27H2,1-2H3. The van der Waals surface area contributed by atoms with E-state index < -0.39 is 10.8 Å². The summed E-state index contributed by atoms with van der Waals surface area (Å²) in [7, 11) is 0. The molecule has 2 heteroatoms. The second-order valence-corrected chi connectivity index (χ2v) is 15.4. The second kappa shape index (κ2) is 13.5. The third kappa shape index (κ3) is 6.26. The molecule has 5 aliphatic carbocycles. The summed E-state index contributed by atoms with van der Waals surface area (Å²) in [5.41, 5.74) is -1.09. The Morgan fingerprint density at radius 2 is 0.846 bits per heavy atom. The Morgan fingerprint density at radius 1 is 0.462 bits per heavy atom. The topological polar surface area (TPSA) is 34.1 Å². The van der Waals surface area contributed by atoms with Gasteiger partial charge in [-0.25, -0.2) is 0 Å². The molecule has 0 aromatic rings. The average molecular weight is 539 g/mol. The molecule has 0 amide bonds. The van der Waals surface area contributed by atoms with Gasteiger partial charge in [-0.15, -0.1) is 0 Å². The van der Waals surface area contributed by atoms with Crippen molar-refractivity contribution >= 4 is 11.6 Å². The third-order valence-corrected chi connectivity index (χ3v) is 13.3. The maximum Gasteiger partial charge on any atom is 0.159 e. The fraction of sp³-hybridized carbons (Fsp3) is 0.946. The molecule has 2 nitrogen and oxygen atoms in total. The fourth-order valence-corrected chi connectivity index (χ4v) is 10.7. The first-order chi connectivity index (χ1) is 19.0. The average Bonchev–Trinajstić information content (AvgIpc) is 2.99. The van der Waals surface area contributed by atoms with E-state index in [9.17, 15) is 9.59 Å². The molecule has 0 aliphatic heterocycles. The van der Waals surface area contributed by atoms with Crippen LogP contribution in [-0.2, 0) is 9.59 Å². The van der Waals surface area contributed by atoms with Crippen molar-refractivity contribution in [3.05, 3.63) is 0 Å². The van der Waals surface area contributed by atoms with Crippen LogP contribution < -0.4 is 0 Å². The summed E-state index contributed by atoms with van der Waals surface area (Å²) in [5, 5.41) is 0. The maximum absolute atomic E-state index is 13.8. The summed E-state index contributed by atoms with van der Waals surface area (Å²) < 4.78 is 0. The Hall–Kier alpha value is -0.660. The summed E-state index contributed by atoms with van der Waals surface area (Å²) in [6.45, 7) is 4.62. The molecule has 0 atom stereocenters. The van der Waals surface area contributed by atoms with Gasteiger partial charge in [0.15, 0.2) is 11.6 Å². The fourth-order valence-electron chi connectivity index (χ4n) is 10.7. The van der Waals surface area contributed by atoms with Gasteiger partial charge in [0.2, 0.25) is 0 Å². The van der Waals surface area contributed by atoms with Crippen LogP contribution in [0, 0.1) is 46.3 Å². The van der Waals surface area contributed by atoms with Gasteiger partial charge < -0.3 is 0 Å². The van der Waals surface area contributed by atoms with Gasteiger partial charge in [0, 0.05) is 0 Å².